The minimum atomic E-state index is -2.70. The lowest BCUT2D eigenvalue weighted by Crippen LogP contribution is -2.46. The molecule has 216 valence electrons. The molecule has 2 aliphatic heterocycles. The molecule has 0 aliphatic carbocycles. The minimum absolute atomic E-state index is 0.0460. The quantitative estimate of drug-likeness (QED) is 0.289. The van der Waals surface area contributed by atoms with E-state index in [4.69, 9.17) is 11.6 Å². The van der Waals surface area contributed by atoms with E-state index >= 15 is 4.39 Å². The predicted octanol–water partition coefficient (Wildman–Crippen LogP) is 7.52. The average molecular weight is 578 g/mol. The Morgan fingerprint density at radius 1 is 1.00 bits per heavy atom. The van der Waals surface area contributed by atoms with Gasteiger partial charge in [-0.15, -0.1) is 0 Å². The number of hydrogen-bond donors (Lipinski definition) is 0. The molecular weight excluding hydrogens is 542 g/mol. The Labute approximate surface area is 239 Å². The number of benzene rings is 2. The van der Waals surface area contributed by atoms with Crippen LogP contribution in [0.4, 0.5) is 23.2 Å². The molecule has 2 aliphatic rings. The Kier molecular flexibility index (Phi) is 11.3. The van der Waals surface area contributed by atoms with Crippen LogP contribution in [0.1, 0.15) is 44.7 Å². The van der Waals surface area contributed by atoms with Crippen LogP contribution in [0, 0.1) is 11.6 Å². The van der Waals surface area contributed by atoms with Gasteiger partial charge in [-0.3, -0.25) is 4.90 Å². The Balaban J connectivity index is 0.00000141. The number of anilines is 1. The van der Waals surface area contributed by atoms with Crippen molar-refractivity contribution in [3.05, 3.63) is 88.7 Å². The SMILES string of the molecule is C=C(C)N1CCN(CC(=C)N(Cc2ccc(C3=NN=C(C(F)F)C3)cc2F)c2ccc(F)c(Cl)c2)CC1.CCC. The zero-order chi connectivity index (χ0) is 29.4. The van der Waals surface area contributed by atoms with Crippen LogP contribution in [0.5, 0.6) is 0 Å². The Bertz CT molecular complexity index is 1270. The van der Waals surface area contributed by atoms with Crippen LogP contribution in [-0.4, -0.2) is 60.4 Å². The average Bonchev–Trinajstić information content (AvgIpc) is 3.41. The lowest BCUT2D eigenvalue weighted by atomic mass is 10.0. The molecule has 0 bridgehead atoms. The van der Waals surface area contributed by atoms with Crippen LogP contribution in [0.15, 0.2) is 71.2 Å². The van der Waals surface area contributed by atoms with Gasteiger partial charge in [0.1, 0.15) is 17.3 Å². The zero-order valence-corrected chi connectivity index (χ0v) is 24.0. The van der Waals surface area contributed by atoms with Gasteiger partial charge < -0.3 is 9.80 Å². The molecule has 10 heteroatoms. The standard InChI is InChI=1S/C27H28ClF4N5.C3H8/c1-17(2)36-10-8-35(9-11-36)15-18(3)37(21-6-7-23(29)22(28)13-21)16-20-5-4-19(12-24(20)30)25-14-26(27(31)32)34-33-25;1-3-2/h4-7,12-13,27H,1,3,8-11,14-16H2,2H3;3H2,1-2H3. The fourth-order valence-corrected chi connectivity index (χ4v) is 4.52. The molecule has 2 heterocycles. The highest BCUT2D eigenvalue weighted by Crippen LogP contribution is 2.28. The number of allylic oxidation sites excluding steroid dienone is 1. The van der Waals surface area contributed by atoms with Gasteiger partial charge in [0, 0.05) is 67.4 Å². The van der Waals surface area contributed by atoms with E-state index in [2.05, 4.69) is 47.0 Å². The molecule has 5 nitrogen and oxygen atoms in total. The Morgan fingerprint density at radius 3 is 2.23 bits per heavy atom. The largest absolute Gasteiger partial charge is 0.373 e. The van der Waals surface area contributed by atoms with Gasteiger partial charge in [-0.2, -0.15) is 10.2 Å². The van der Waals surface area contributed by atoms with E-state index in [9.17, 15) is 13.2 Å². The number of piperazine rings is 1. The summed E-state index contributed by atoms with van der Waals surface area (Å²) in [5, 5.41) is 7.24. The lowest BCUT2D eigenvalue weighted by molar-refractivity contribution is 0.169. The summed E-state index contributed by atoms with van der Waals surface area (Å²) in [5.41, 5.74) is 3.01. The number of rotatable bonds is 9. The van der Waals surface area contributed by atoms with Gasteiger partial charge in [-0.05, 0) is 31.2 Å². The highest BCUT2D eigenvalue weighted by atomic mass is 35.5. The third-order valence-corrected chi connectivity index (χ3v) is 6.82. The van der Waals surface area contributed by atoms with Crippen LogP contribution in [0.3, 0.4) is 0 Å². The molecule has 0 amide bonds. The summed E-state index contributed by atoms with van der Waals surface area (Å²) in [5.74, 6) is -1.07. The molecule has 1 saturated heterocycles. The van der Waals surface area contributed by atoms with E-state index in [1.165, 1.54) is 24.6 Å². The van der Waals surface area contributed by atoms with Gasteiger partial charge >= 0.3 is 0 Å². The maximum atomic E-state index is 15.2. The third-order valence-electron chi connectivity index (χ3n) is 6.53. The van der Waals surface area contributed by atoms with E-state index in [1.54, 1.807) is 23.1 Å². The molecule has 2 aromatic rings. The van der Waals surface area contributed by atoms with Crippen LogP contribution < -0.4 is 4.90 Å². The van der Waals surface area contributed by atoms with E-state index in [1.807, 2.05) is 6.92 Å². The van der Waals surface area contributed by atoms with E-state index in [-0.39, 0.29) is 23.7 Å². The summed E-state index contributed by atoms with van der Waals surface area (Å²) in [7, 11) is 0. The normalized spacial score (nSPS) is 15.4. The molecule has 1 fully saturated rings. The maximum Gasteiger partial charge on any atom is 0.278 e. The first kappa shape index (κ1) is 31.4. The molecule has 0 unspecified atom stereocenters. The van der Waals surface area contributed by atoms with Gasteiger partial charge in [-0.25, -0.2) is 17.6 Å². The summed E-state index contributed by atoms with van der Waals surface area (Å²) < 4.78 is 54.9. The van der Waals surface area contributed by atoms with Crippen molar-refractivity contribution >= 4 is 28.7 Å². The molecule has 0 atom stereocenters. The van der Waals surface area contributed by atoms with Crippen molar-refractivity contribution in [3.63, 3.8) is 0 Å². The lowest BCUT2D eigenvalue weighted by Gasteiger charge is -2.38. The summed E-state index contributed by atoms with van der Waals surface area (Å²) in [4.78, 5) is 6.27. The van der Waals surface area contributed by atoms with Gasteiger partial charge in [0.2, 0.25) is 0 Å². The van der Waals surface area contributed by atoms with Crippen molar-refractivity contribution in [1.29, 1.82) is 0 Å². The summed E-state index contributed by atoms with van der Waals surface area (Å²) >= 11 is 6.05. The van der Waals surface area contributed by atoms with Gasteiger partial charge in [-0.1, -0.05) is 57.2 Å². The third kappa shape index (κ3) is 8.17. The van der Waals surface area contributed by atoms with Crippen molar-refractivity contribution in [1.82, 2.24) is 9.80 Å². The second-order valence-electron chi connectivity index (χ2n) is 9.88. The summed E-state index contributed by atoms with van der Waals surface area (Å²) in [6.45, 7) is 18.5. The van der Waals surface area contributed by atoms with E-state index < -0.39 is 18.1 Å². The molecule has 40 heavy (non-hydrogen) atoms. The van der Waals surface area contributed by atoms with Crippen molar-refractivity contribution in [2.45, 2.75) is 46.6 Å². The maximum absolute atomic E-state index is 15.2. The van der Waals surface area contributed by atoms with Crippen LogP contribution >= 0.6 is 11.6 Å². The molecule has 0 spiro atoms. The highest BCUT2D eigenvalue weighted by Gasteiger charge is 2.24. The first-order chi connectivity index (χ1) is 19.0. The Morgan fingerprint density at radius 2 is 1.68 bits per heavy atom. The Hall–Kier alpha value is -3.17. The minimum Gasteiger partial charge on any atom is -0.373 e. The molecule has 0 radical (unpaired) electrons. The van der Waals surface area contributed by atoms with Crippen LogP contribution in [0.2, 0.25) is 5.02 Å². The van der Waals surface area contributed by atoms with Crippen molar-refractivity contribution in [2.75, 3.05) is 37.6 Å². The molecule has 0 saturated carbocycles. The summed E-state index contributed by atoms with van der Waals surface area (Å²) in [6.07, 6.45) is -1.57. The number of nitrogens with zero attached hydrogens (tertiary/aromatic N) is 5. The highest BCUT2D eigenvalue weighted by molar-refractivity contribution is 6.31. The van der Waals surface area contributed by atoms with E-state index in [0.29, 0.717) is 34.8 Å². The molecule has 4 rings (SSSR count). The molecular formula is C30H36ClF4N5. The topological polar surface area (TPSA) is 34.4 Å². The van der Waals surface area contributed by atoms with Crippen LogP contribution in [0.25, 0.3) is 0 Å². The first-order valence-electron chi connectivity index (χ1n) is 13.3. The van der Waals surface area contributed by atoms with Crippen molar-refractivity contribution in [3.8, 4) is 0 Å². The van der Waals surface area contributed by atoms with Crippen LogP contribution in [-0.2, 0) is 6.54 Å². The van der Waals surface area contributed by atoms with Crippen molar-refractivity contribution in [2.24, 2.45) is 10.2 Å². The fourth-order valence-electron chi connectivity index (χ4n) is 4.34. The molecule has 0 aromatic heterocycles. The van der Waals surface area contributed by atoms with E-state index in [0.717, 1.165) is 31.9 Å². The van der Waals surface area contributed by atoms with Gasteiger partial charge in [0.15, 0.2) is 0 Å². The zero-order valence-electron chi connectivity index (χ0n) is 23.2. The first-order valence-corrected chi connectivity index (χ1v) is 13.6. The fraction of sp³-hybridized carbons (Fsp3) is 0.400. The number of halogens is 5. The number of hydrogen-bond acceptors (Lipinski definition) is 5. The van der Waals surface area contributed by atoms with Crippen molar-refractivity contribution < 1.29 is 17.6 Å². The van der Waals surface area contributed by atoms with Gasteiger partial charge in [0.25, 0.3) is 6.43 Å². The van der Waals surface area contributed by atoms with Gasteiger partial charge in [0.05, 0.1) is 17.3 Å². The summed E-state index contributed by atoms with van der Waals surface area (Å²) in [6, 6.07) is 8.83. The second-order valence-corrected chi connectivity index (χ2v) is 10.3. The predicted molar refractivity (Wildman–Crippen MR) is 157 cm³/mol. The second kappa shape index (κ2) is 14.5. The smallest absolute Gasteiger partial charge is 0.278 e. The molecule has 0 N–H and O–H groups in total. The monoisotopic (exact) mass is 577 g/mol. The molecule has 2 aromatic carbocycles. The number of alkyl halides is 2.